The van der Waals surface area contributed by atoms with Gasteiger partial charge in [-0.3, -0.25) is 4.98 Å². The number of nitrogens with one attached hydrogen (secondary N) is 1. The molecule has 0 amide bonds. The van der Waals surface area contributed by atoms with Gasteiger partial charge in [0.25, 0.3) is 0 Å². The number of nitrogens with zero attached hydrogens (tertiary/aromatic N) is 1. The number of hydrogen-bond acceptors (Lipinski definition) is 2. The van der Waals surface area contributed by atoms with E-state index in [1.54, 1.807) is 0 Å². The smallest absolute Gasteiger partial charge is 0.0606 e. The molecule has 90 valence electrons. The Labute approximate surface area is 103 Å². The Balaban J connectivity index is 1.62. The Kier molecular flexibility index (Phi) is 2.65. The molecule has 1 heterocycles. The predicted molar refractivity (Wildman–Crippen MR) is 71.0 cm³/mol. The fourth-order valence-corrected chi connectivity index (χ4v) is 3.24. The predicted octanol–water partition coefficient (Wildman–Crippen LogP) is 3.32. The number of rotatable bonds is 3. The van der Waals surface area contributed by atoms with Crippen molar-refractivity contribution in [2.45, 2.75) is 26.7 Å². The molecule has 2 heteroatoms. The summed E-state index contributed by atoms with van der Waals surface area (Å²) >= 11 is 0. The molecule has 0 saturated heterocycles. The molecule has 3 atom stereocenters. The van der Waals surface area contributed by atoms with Crippen molar-refractivity contribution in [1.29, 1.82) is 0 Å². The second kappa shape index (κ2) is 4.17. The number of hydrogen-bond donors (Lipinski definition) is 1. The first-order valence-corrected chi connectivity index (χ1v) is 6.59. The lowest BCUT2D eigenvalue weighted by Gasteiger charge is -2.19. The fourth-order valence-electron chi connectivity index (χ4n) is 3.24. The van der Waals surface area contributed by atoms with Crippen molar-refractivity contribution in [3.8, 4) is 0 Å². The average Bonchev–Trinajstić information content (AvgIpc) is 2.89. The number of aryl methyl sites for hydroxylation is 2. The van der Waals surface area contributed by atoms with Crippen molar-refractivity contribution in [2.75, 3.05) is 11.9 Å². The highest BCUT2D eigenvalue weighted by molar-refractivity contribution is 5.47. The highest BCUT2D eigenvalue weighted by Crippen LogP contribution is 2.43. The van der Waals surface area contributed by atoms with Crippen LogP contribution >= 0.6 is 0 Å². The second-order valence-corrected chi connectivity index (χ2v) is 5.51. The van der Waals surface area contributed by atoms with Crippen LogP contribution in [0.5, 0.6) is 0 Å². The monoisotopic (exact) mass is 228 g/mol. The number of anilines is 1. The van der Waals surface area contributed by atoms with Crippen LogP contribution in [-0.2, 0) is 0 Å². The molecule has 0 spiro atoms. The van der Waals surface area contributed by atoms with Crippen molar-refractivity contribution < 1.29 is 0 Å². The van der Waals surface area contributed by atoms with Crippen molar-refractivity contribution in [2.24, 2.45) is 17.8 Å². The number of pyridine rings is 1. The van der Waals surface area contributed by atoms with E-state index in [-0.39, 0.29) is 0 Å². The van der Waals surface area contributed by atoms with Gasteiger partial charge in [0.05, 0.1) is 11.4 Å². The van der Waals surface area contributed by atoms with Crippen LogP contribution in [0.2, 0.25) is 0 Å². The molecule has 1 aromatic heterocycles. The molecule has 3 rings (SSSR count). The first-order chi connectivity index (χ1) is 8.22. The van der Waals surface area contributed by atoms with Gasteiger partial charge >= 0.3 is 0 Å². The SMILES string of the molecule is Cc1ccc(NCC2CC3C=CC2C3)c(C)n1. The molecular weight excluding hydrogens is 208 g/mol. The largest absolute Gasteiger partial charge is 0.383 e. The van der Waals surface area contributed by atoms with Gasteiger partial charge in [0.1, 0.15) is 0 Å². The molecule has 0 aliphatic heterocycles. The van der Waals surface area contributed by atoms with E-state index in [9.17, 15) is 0 Å². The van der Waals surface area contributed by atoms with Crippen LogP contribution in [0.25, 0.3) is 0 Å². The molecule has 2 aliphatic rings. The zero-order valence-corrected chi connectivity index (χ0v) is 10.6. The highest BCUT2D eigenvalue weighted by atomic mass is 14.9. The first kappa shape index (κ1) is 10.8. The Morgan fingerprint density at radius 1 is 1.24 bits per heavy atom. The highest BCUT2D eigenvalue weighted by Gasteiger charge is 2.35. The van der Waals surface area contributed by atoms with Gasteiger partial charge in [0.15, 0.2) is 0 Å². The van der Waals surface area contributed by atoms with Crippen LogP contribution < -0.4 is 5.32 Å². The molecule has 2 bridgehead atoms. The third-order valence-corrected chi connectivity index (χ3v) is 4.20. The zero-order chi connectivity index (χ0) is 11.8. The minimum atomic E-state index is 0.825. The maximum Gasteiger partial charge on any atom is 0.0606 e. The summed E-state index contributed by atoms with van der Waals surface area (Å²) in [5.41, 5.74) is 3.40. The summed E-state index contributed by atoms with van der Waals surface area (Å²) in [7, 11) is 0. The van der Waals surface area contributed by atoms with Crippen LogP contribution in [0.15, 0.2) is 24.3 Å². The number of allylic oxidation sites excluding steroid dienone is 2. The van der Waals surface area contributed by atoms with Gasteiger partial charge in [0, 0.05) is 12.2 Å². The summed E-state index contributed by atoms with van der Waals surface area (Å²) in [4.78, 5) is 4.49. The summed E-state index contributed by atoms with van der Waals surface area (Å²) in [6.45, 7) is 5.21. The van der Waals surface area contributed by atoms with Crippen LogP contribution in [0.3, 0.4) is 0 Å². The van der Waals surface area contributed by atoms with Crippen LogP contribution in [0.1, 0.15) is 24.2 Å². The van der Waals surface area contributed by atoms with Gasteiger partial charge in [-0.2, -0.15) is 0 Å². The zero-order valence-electron chi connectivity index (χ0n) is 10.6. The minimum Gasteiger partial charge on any atom is -0.383 e. The van der Waals surface area contributed by atoms with Gasteiger partial charge in [-0.05, 0) is 56.6 Å². The summed E-state index contributed by atoms with van der Waals surface area (Å²) in [6, 6.07) is 4.23. The second-order valence-electron chi connectivity index (χ2n) is 5.51. The Hall–Kier alpha value is -1.31. The third kappa shape index (κ3) is 2.08. The lowest BCUT2D eigenvalue weighted by molar-refractivity contribution is 0.472. The van der Waals surface area contributed by atoms with E-state index in [4.69, 9.17) is 0 Å². The topological polar surface area (TPSA) is 24.9 Å². The Morgan fingerprint density at radius 3 is 2.76 bits per heavy atom. The Morgan fingerprint density at radius 2 is 2.12 bits per heavy atom. The molecule has 0 aromatic carbocycles. The molecule has 2 nitrogen and oxygen atoms in total. The quantitative estimate of drug-likeness (QED) is 0.803. The number of aromatic nitrogens is 1. The van der Waals surface area contributed by atoms with Crippen LogP contribution in [0, 0.1) is 31.6 Å². The third-order valence-electron chi connectivity index (χ3n) is 4.20. The van der Waals surface area contributed by atoms with Gasteiger partial charge in [0.2, 0.25) is 0 Å². The molecule has 1 saturated carbocycles. The van der Waals surface area contributed by atoms with E-state index < -0.39 is 0 Å². The van der Waals surface area contributed by atoms with E-state index in [0.717, 1.165) is 35.7 Å². The Bertz CT molecular complexity index is 450. The van der Waals surface area contributed by atoms with E-state index >= 15 is 0 Å². The van der Waals surface area contributed by atoms with E-state index in [1.807, 2.05) is 6.92 Å². The molecule has 1 fully saturated rings. The fraction of sp³-hybridized carbons (Fsp3) is 0.533. The van der Waals surface area contributed by atoms with Crippen molar-refractivity contribution in [3.63, 3.8) is 0 Å². The normalized spacial score (nSPS) is 29.9. The van der Waals surface area contributed by atoms with Crippen LogP contribution in [-0.4, -0.2) is 11.5 Å². The van der Waals surface area contributed by atoms with Crippen molar-refractivity contribution in [3.05, 3.63) is 35.7 Å². The lowest BCUT2D eigenvalue weighted by Crippen LogP contribution is -2.18. The summed E-state index contributed by atoms with van der Waals surface area (Å²) in [5.74, 6) is 2.51. The summed E-state index contributed by atoms with van der Waals surface area (Å²) in [6.07, 6.45) is 7.57. The van der Waals surface area contributed by atoms with E-state index in [1.165, 1.54) is 18.5 Å². The first-order valence-electron chi connectivity index (χ1n) is 6.59. The standard InChI is InChI=1S/C15H20N2/c1-10-3-6-15(11(2)17-10)16-9-14-8-12-4-5-13(14)7-12/h3-6,12-14,16H,7-9H2,1-2H3. The molecule has 0 radical (unpaired) electrons. The van der Waals surface area contributed by atoms with Gasteiger partial charge in [-0.25, -0.2) is 0 Å². The molecule has 1 N–H and O–H groups in total. The maximum absolute atomic E-state index is 4.49. The van der Waals surface area contributed by atoms with E-state index in [0.29, 0.717) is 0 Å². The summed E-state index contributed by atoms with van der Waals surface area (Å²) < 4.78 is 0. The maximum atomic E-state index is 4.49. The molecule has 1 aromatic rings. The minimum absolute atomic E-state index is 0.825. The van der Waals surface area contributed by atoms with Crippen molar-refractivity contribution >= 4 is 5.69 Å². The molecule has 3 unspecified atom stereocenters. The van der Waals surface area contributed by atoms with E-state index in [2.05, 4.69) is 41.5 Å². The lowest BCUT2D eigenvalue weighted by atomic mass is 9.93. The number of fused-ring (bicyclic) bond motifs is 2. The van der Waals surface area contributed by atoms with Crippen LogP contribution in [0.4, 0.5) is 5.69 Å². The van der Waals surface area contributed by atoms with Crippen molar-refractivity contribution in [1.82, 2.24) is 4.98 Å². The van der Waals surface area contributed by atoms with Gasteiger partial charge in [-0.1, -0.05) is 12.2 Å². The van der Waals surface area contributed by atoms with Gasteiger partial charge < -0.3 is 5.32 Å². The molecule has 17 heavy (non-hydrogen) atoms. The van der Waals surface area contributed by atoms with Gasteiger partial charge in [-0.15, -0.1) is 0 Å². The molecule has 2 aliphatic carbocycles. The average molecular weight is 228 g/mol. The molecular formula is C15H20N2. The summed E-state index contributed by atoms with van der Waals surface area (Å²) in [5, 5.41) is 3.57.